The Morgan fingerprint density at radius 1 is 1.19 bits per heavy atom. The Kier molecular flexibility index (Phi) is 6.09. The Morgan fingerprint density at radius 3 is 2.62 bits per heavy atom. The Labute approximate surface area is 189 Å². The number of rotatable bonds is 6. The monoisotopic (exact) mass is 452 g/mol. The lowest BCUT2D eigenvalue weighted by Crippen LogP contribution is -2.35. The van der Waals surface area contributed by atoms with E-state index in [1.165, 1.54) is 36.0 Å². The average Bonchev–Trinajstić information content (AvgIpc) is 3.21. The van der Waals surface area contributed by atoms with Crippen molar-refractivity contribution in [2.75, 3.05) is 7.11 Å². The van der Waals surface area contributed by atoms with E-state index < -0.39 is 5.91 Å². The molecule has 0 saturated carbocycles. The third-order valence-corrected chi connectivity index (χ3v) is 5.98. The summed E-state index contributed by atoms with van der Waals surface area (Å²) in [6, 6.07) is 11.3. The number of halogens is 1. The first-order valence-corrected chi connectivity index (χ1v) is 10.7. The lowest BCUT2D eigenvalue weighted by atomic mass is 10.1. The van der Waals surface area contributed by atoms with Crippen molar-refractivity contribution < 1.29 is 18.7 Å². The number of amides is 1. The summed E-state index contributed by atoms with van der Waals surface area (Å²) in [7, 11) is 1.52. The summed E-state index contributed by atoms with van der Waals surface area (Å²) >= 11 is 1.31. The molecular formula is C23H21FN4O3S. The zero-order chi connectivity index (χ0) is 22.8. The summed E-state index contributed by atoms with van der Waals surface area (Å²) in [4.78, 5) is 16.7. The highest BCUT2D eigenvalue weighted by Crippen LogP contribution is 2.33. The van der Waals surface area contributed by atoms with E-state index in [1.807, 2.05) is 13.8 Å². The largest absolute Gasteiger partial charge is 0.493 e. The topological polar surface area (TPSA) is 87.3 Å². The Hall–Kier alpha value is -3.46. The molecule has 0 saturated heterocycles. The summed E-state index contributed by atoms with van der Waals surface area (Å²) in [6.45, 7) is 4.25. The van der Waals surface area contributed by atoms with Crippen molar-refractivity contribution in [1.29, 1.82) is 5.41 Å². The van der Waals surface area contributed by atoms with Crippen molar-refractivity contribution in [3.8, 4) is 11.5 Å². The summed E-state index contributed by atoms with van der Waals surface area (Å²) in [5.74, 6) is 0.351. The molecular weight excluding hydrogens is 431 g/mol. The number of ether oxygens (including phenoxy) is 2. The zero-order valence-corrected chi connectivity index (χ0v) is 18.6. The number of hydrogen-bond acceptors (Lipinski definition) is 6. The molecule has 7 nitrogen and oxygen atoms in total. The maximum Gasteiger partial charge on any atom is 0.283 e. The van der Waals surface area contributed by atoms with Crippen LogP contribution in [0.15, 0.2) is 58.1 Å². The number of methoxy groups -OCH3 is 1. The molecule has 2 aliphatic rings. The fourth-order valence-corrected chi connectivity index (χ4v) is 3.93. The number of amidine groups is 2. The molecule has 1 N–H and O–H groups in total. The van der Waals surface area contributed by atoms with Crippen molar-refractivity contribution in [3.05, 3.63) is 65.0 Å². The molecule has 0 bridgehead atoms. The number of hydrazone groups is 1. The van der Waals surface area contributed by atoms with Crippen molar-refractivity contribution in [2.24, 2.45) is 16.0 Å². The summed E-state index contributed by atoms with van der Waals surface area (Å²) in [5, 5.41) is 15.5. The minimum absolute atomic E-state index is 0.0150. The highest BCUT2D eigenvalue weighted by atomic mass is 32.2. The van der Waals surface area contributed by atoms with Gasteiger partial charge in [-0.15, -0.1) is 0 Å². The molecule has 32 heavy (non-hydrogen) atoms. The number of hydrogen-bond donors (Lipinski definition) is 1. The van der Waals surface area contributed by atoms with E-state index in [1.54, 1.807) is 36.4 Å². The van der Waals surface area contributed by atoms with Crippen LogP contribution >= 0.6 is 11.8 Å². The minimum Gasteiger partial charge on any atom is -0.493 e. The molecule has 164 valence electrons. The lowest BCUT2D eigenvalue weighted by molar-refractivity contribution is -0.114. The van der Waals surface area contributed by atoms with Crippen LogP contribution in [0.25, 0.3) is 6.08 Å². The number of thioether (sulfide) groups is 1. The number of carbonyl (C=O) groups excluding carboxylic acids is 1. The normalized spacial score (nSPS) is 16.9. The Bertz CT molecular complexity index is 1170. The van der Waals surface area contributed by atoms with E-state index in [0.29, 0.717) is 22.2 Å². The van der Waals surface area contributed by atoms with Gasteiger partial charge in [-0.1, -0.05) is 32.0 Å². The van der Waals surface area contributed by atoms with Crippen LogP contribution in [0.2, 0.25) is 0 Å². The van der Waals surface area contributed by atoms with Gasteiger partial charge in [-0.3, -0.25) is 10.2 Å². The first-order valence-electron chi connectivity index (χ1n) is 9.91. The van der Waals surface area contributed by atoms with Gasteiger partial charge in [0.25, 0.3) is 5.91 Å². The number of fused-ring (bicyclic) bond motifs is 1. The number of aliphatic imine (C=N–C) groups is 1. The molecule has 0 aliphatic carbocycles. The third-order valence-electron chi connectivity index (χ3n) is 4.77. The molecule has 0 aromatic heterocycles. The van der Waals surface area contributed by atoms with E-state index in [2.05, 4.69) is 10.1 Å². The van der Waals surface area contributed by atoms with Gasteiger partial charge >= 0.3 is 0 Å². The van der Waals surface area contributed by atoms with Crippen molar-refractivity contribution in [2.45, 2.75) is 20.5 Å². The van der Waals surface area contributed by atoms with Gasteiger partial charge in [0.2, 0.25) is 5.17 Å². The predicted molar refractivity (Wildman–Crippen MR) is 124 cm³/mol. The van der Waals surface area contributed by atoms with Gasteiger partial charge in [0.15, 0.2) is 17.3 Å². The Morgan fingerprint density at radius 2 is 1.94 bits per heavy atom. The average molecular weight is 453 g/mol. The molecule has 0 fully saturated rings. The van der Waals surface area contributed by atoms with Gasteiger partial charge in [-0.25, -0.2) is 4.39 Å². The molecule has 0 unspecified atom stereocenters. The number of benzene rings is 2. The molecule has 1 amide bonds. The van der Waals surface area contributed by atoms with Crippen molar-refractivity contribution >= 4 is 39.8 Å². The van der Waals surface area contributed by atoms with Gasteiger partial charge in [0.05, 0.1) is 12.7 Å². The van der Waals surface area contributed by atoms with E-state index in [0.717, 1.165) is 10.6 Å². The highest BCUT2D eigenvalue weighted by Gasteiger charge is 2.36. The molecule has 2 aromatic carbocycles. The fraction of sp³-hybridized carbons (Fsp3) is 0.217. The van der Waals surface area contributed by atoms with Gasteiger partial charge in [0.1, 0.15) is 17.5 Å². The van der Waals surface area contributed by atoms with Crippen LogP contribution in [0.1, 0.15) is 25.0 Å². The maximum absolute atomic E-state index is 13.1. The SMILES string of the molecule is COc1cc(C=C2C(=N)N3N=C(C(C)C)SC3=NC2=O)ccc1OCc1ccc(F)cc1. The quantitative estimate of drug-likeness (QED) is 0.643. The van der Waals surface area contributed by atoms with Crippen LogP contribution in [0.5, 0.6) is 11.5 Å². The number of carbonyl (C=O) groups is 1. The van der Waals surface area contributed by atoms with Crippen LogP contribution in [-0.2, 0) is 11.4 Å². The van der Waals surface area contributed by atoms with E-state index in [9.17, 15) is 9.18 Å². The molecule has 9 heteroatoms. The van der Waals surface area contributed by atoms with Crippen LogP contribution in [-0.4, -0.2) is 34.1 Å². The molecule has 0 atom stereocenters. The maximum atomic E-state index is 13.1. The van der Waals surface area contributed by atoms with Crippen LogP contribution in [0.4, 0.5) is 4.39 Å². The first kappa shape index (κ1) is 21.8. The predicted octanol–water partition coefficient (Wildman–Crippen LogP) is 4.69. The summed E-state index contributed by atoms with van der Waals surface area (Å²) in [6.07, 6.45) is 1.59. The van der Waals surface area contributed by atoms with E-state index in [-0.39, 0.29) is 29.8 Å². The van der Waals surface area contributed by atoms with E-state index >= 15 is 0 Å². The molecule has 2 aliphatic heterocycles. The van der Waals surface area contributed by atoms with Gasteiger partial charge in [-0.05, 0) is 53.2 Å². The second-order valence-corrected chi connectivity index (χ2v) is 8.43. The minimum atomic E-state index is -0.482. The molecule has 0 spiro atoms. The smallest absolute Gasteiger partial charge is 0.283 e. The van der Waals surface area contributed by atoms with Gasteiger partial charge in [-0.2, -0.15) is 15.1 Å². The number of nitrogens with one attached hydrogen (secondary N) is 1. The number of nitrogens with zero attached hydrogens (tertiary/aromatic N) is 3. The van der Waals surface area contributed by atoms with Crippen LogP contribution < -0.4 is 9.47 Å². The summed E-state index contributed by atoms with van der Waals surface area (Å²) in [5.41, 5.74) is 1.62. The Balaban J connectivity index is 1.55. The lowest BCUT2D eigenvalue weighted by Gasteiger charge is -2.20. The second kappa shape index (κ2) is 8.96. The van der Waals surface area contributed by atoms with Crippen molar-refractivity contribution in [1.82, 2.24) is 5.01 Å². The molecule has 0 radical (unpaired) electrons. The second-order valence-electron chi connectivity index (χ2n) is 7.44. The zero-order valence-electron chi connectivity index (χ0n) is 17.8. The molecule has 2 aromatic rings. The van der Waals surface area contributed by atoms with Gasteiger partial charge < -0.3 is 9.47 Å². The van der Waals surface area contributed by atoms with Crippen molar-refractivity contribution in [3.63, 3.8) is 0 Å². The first-order chi connectivity index (χ1) is 15.4. The standard InChI is InChI=1S/C23H21FN4O3S/c1-13(2)22-27-28-20(25)17(21(29)26-23(28)32-22)10-15-6-9-18(19(11-15)30-3)31-12-14-4-7-16(24)8-5-14/h4-11,13,25H,12H2,1-3H3. The van der Waals surface area contributed by atoms with Gasteiger partial charge in [0, 0.05) is 5.92 Å². The molecule has 4 rings (SSSR count). The van der Waals surface area contributed by atoms with Crippen LogP contribution in [0, 0.1) is 17.1 Å². The fourth-order valence-electron chi connectivity index (χ4n) is 3.04. The molecule has 2 heterocycles. The highest BCUT2D eigenvalue weighted by molar-refractivity contribution is 8.27. The summed E-state index contributed by atoms with van der Waals surface area (Å²) < 4.78 is 24.3. The van der Waals surface area contributed by atoms with Crippen LogP contribution in [0.3, 0.4) is 0 Å². The van der Waals surface area contributed by atoms with E-state index in [4.69, 9.17) is 14.9 Å². The third kappa shape index (κ3) is 4.43.